The largest absolute Gasteiger partial charge is 0.508 e. The van der Waals surface area contributed by atoms with Crippen LogP contribution in [-0.2, 0) is 9.59 Å². The lowest BCUT2D eigenvalue weighted by Crippen LogP contribution is -2.78. The van der Waals surface area contributed by atoms with Gasteiger partial charge in [-0.25, -0.2) is 0 Å². The molecule has 3 rings (SSSR count). The number of hydrogen-bond donors (Lipinski definition) is 9. The van der Waals surface area contributed by atoms with Gasteiger partial charge in [-0.2, -0.15) is 0 Å². The molecule has 0 aliphatic carbocycles. The van der Waals surface area contributed by atoms with Crippen LogP contribution >= 0.6 is 0 Å². The quantitative estimate of drug-likeness (QED) is 0.0512. The molecule has 40 heavy (non-hydrogen) atoms. The summed E-state index contributed by atoms with van der Waals surface area (Å²) < 4.78 is 6.21. The first kappa shape index (κ1) is 29.8. The molecule has 12 nitrogen and oxygen atoms in total. The zero-order valence-electron chi connectivity index (χ0n) is 22.5. The number of hydrogen-bond acceptors (Lipinski definition) is 4. The van der Waals surface area contributed by atoms with Crippen molar-refractivity contribution in [3.05, 3.63) is 65.2 Å². The summed E-state index contributed by atoms with van der Waals surface area (Å²) in [6, 6.07) is 12.1. The average molecular weight is 553 g/mol. The van der Waals surface area contributed by atoms with E-state index in [0.717, 1.165) is 42.4 Å². The van der Waals surface area contributed by atoms with Crippen molar-refractivity contribution in [1.29, 1.82) is 0 Å². The number of guanidine groups is 2. The Hall–Kier alpha value is -4.74. The Bertz CT molecular complexity index is 1240. The van der Waals surface area contributed by atoms with Gasteiger partial charge in [0.25, 0.3) is 0 Å². The number of unbranched alkanes of at least 4 members (excludes halogenated alkanes) is 2. The molecular weight excluding hydrogens is 512 g/mol. The molecule has 12 heteroatoms. The Kier molecular flexibility index (Phi) is 11.2. The number of carbonyl (C=O) groups is 2. The number of carbonyl (C=O) groups excluding carboxylic acids is 2. The summed E-state index contributed by atoms with van der Waals surface area (Å²) in [5.74, 6) is 0.0881. The third-order valence-corrected chi connectivity index (χ3v) is 6.32. The Morgan fingerprint density at radius 1 is 0.875 bits per heavy atom. The van der Waals surface area contributed by atoms with Gasteiger partial charge in [-0.05, 0) is 67.2 Å². The summed E-state index contributed by atoms with van der Waals surface area (Å²) in [4.78, 5) is 31.4. The van der Waals surface area contributed by atoms with Crippen molar-refractivity contribution in [3.8, 4) is 11.5 Å². The fourth-order valence-corrected chi connectivity index (χ4v) is 4.32. The summed E-state index contributed by atoms with van der Waals surface area (Å²) in [6.45, 7) is 2.27. The van der Waals surface area contributed by atoms with Crippen molar-refractivity contribution < 1.29 is 29.4 Å². The van der Waals surface area contributed by atoms with Crippen LogP contribution in [0.2, 0.25) is 0 Å². The van der Waals surface area contributed by atoms with Gasteiger partial charge in [0.1, 0.15) is 23.5 Å². The van der Waals surface area contributed by atoms with Crippen LogP contribution in [-0.4, -0.2) is 55.0 Å². The highest BCUT2D eigenvalue weighted by Gasteiger charge is 2.40. The zero-order valence-corrected chi connectivity index (χ0v) is 22.5. The Labute approximate surface area is 233 Å². The van der Waals surface area contributed by atoms with Crippen LogP contribution in [0.15, 0.2) is 48.5 Å². The molecule has 2 atom stereocenters. The van der Waals surface area contributed by atoms with Crippen molar-refractivity contribution in [2.75, 3.05) is 26.2 Å². The number of nitrogens with one attached hydrogen (secondary N) is 4. The number of nitrogens with two attached hydrogens (primary N) is 4. The second-order valence-corrected chi connectivity index (χ2v) is 9.50. The van der Waals surface area contributed by atoms with Gasteiger partial charge in [0.15, 0.2) is 0 Å². The van der Waals surface area contributed by atoms with Gasteiger partial charge in [-0.3, -0.25) is 42.5 Å². The number of aromatic hydroxyl groups is 1. The maximum atomic E-state index is 13.4. The number of amides is 2. The van der Waals surface area contributed by atoms with Gasteiger partial charge in [0, 0.05) is 24.7 Å². The normalized spacial score (nSPS) is 15.6. The SMILES string of the molecule is NC(N)=[NH+]CCCCNC(=O)/C=C/c1ccc2c(c1)C(C(=O)NCCCC[NH+]=C(N)N)C(c1ccc(O)cc1)O2. The van der Waals surface area contributed by atoms with Crippen LogP contribution in [0.5, 0.6) is 11.5 Å². The number of rotatable bonds is 14. The molecule has 1 aliphatic rings. The van der Waals surface area contributed by atoms with Crippen LogP contribution < -0.4 is 48.3 Å². The molecule has 2 aromatic carbocycles. The molecule has 1 aliphatic heterocycles. The van der Waals surface area contributed by atoms with E-state index in [1.54, 1.807) is 36.4 Å². The standard InChI is InChI=1S/C28H38N8O4/c29-27(30)35-15-3-1-13-33-23(38)12-6-18-5-11-22-21(17-18)24(25(40-22)19-7-9-20(37)10-8-19)26(39)34-14-2-4-16-36-28(31)32/h5-12,17,24-25,37H,1-4,13-16H2,(H,33,38)(H,34,39)(H4,29,30,35)(H4,31,32,36)/p+2/b12-6+. The van der Waals surface area contributed by atoms with Gasteiger partial charge in [0.05, 0.1) is 13.1 Å². The summed E-state index contributed by atoms with van der Waals surface area (Å²) in [5.41, 5.74) is 23.8. The van der Waals surface area contributed by atoms with Gasteiger partial charge >= 0.3 is 11.9 Å². The van der Waals surface area contributed by atoms with E-state index >= 15 is 0 Å². The fourth-order valence-electron chi connectivity index (χ4n) is 4.32. The van der Waals surface area contributed by atoms with E-state index in [4.69, 9.17) is 27.7 Å². The maximum Gasteiger partial charge on any atom is 0.338 e. The number of ether oxygens (including phenoxy) is 1. The second-order valence-electron chi connectivity index (χ2n) is 9.50. The van der Waals surface area contributed by atoms with Crippen molar-refractivity contribution in [2.24, 2.45) is 22.9 Å². The molecule has 0 saturated carbocycles. The lowest BCUT2D eigenvalue weighted by molar-refractivity contribution is -0.460. The first-order valence-corrected chi connectivity index (χ1v) is 13.3. The van der Waals surface area contributed by atoms with E-state index in [2.05, 4.69) is 20.6 Å². The van der Waals surface area contributed by atoms with E-state index in [1.165, 1.54) is 6.08 Å². The minimum absolute atomic E-state index is 0.130. The van der Waals surface area contributed by atoms with Crippen molar-refractivity contribution in [2.45, 2.75) is 37.7 Å². The molecule has 2 aromatic rings. The Morgan fingerprint density at radius 2 is 1.50 bits per heavy atom. The van der Waals surface area contributed by atoms with Crippen molar-refractivity contribution in [3.63, 3.8) is 0 Å². The molecule has 0 spiro atoms. The average Bonchev–Trinajstić information content (AvgIpc) is 3.30. The van der Waals surface area contributed by atoms with Crippen LogP contribution in [0, 0.1) is 0 Å². The van der Waals surface area contributed by atoms with Gasteiger partial charge in [-0.15, -0.1) is 0 Å². The number of phenolic OH excluding ortho intramolecular Hbond substituents is 1. The highest BCUT2D eigenvalue weighted by Crippen LogP contribution is 2.46. The molecule has 2 amide bonds. The summed E-state index contributed by atoms with van der Waals surface area (Å²) in [6.07, 6.45) is 5.73. The van der Waals surface area contributed by atoms with Crippen molar-refractivity contribution >= 4 is 29.8 Å². The molecule has 13 N–H and O–H groups in total. The topological polar surface area (TPSA) is 220 Å². The molecule has 0 bridgehead atoms. The monoisotopic (exact) mass is 552 g/mol. The second kappa shape index (κ2) is 15.0. The lowest BCUT2D eigenvalue weighted by atomic mass is 9.89. The first-order valence-electron chi connectivity index (χ1n) is 13.3. The summed E-state index contributed by atoms with van der Waals surface area (Å²) in [5, 5.41) is 15.6. The molecule has 0 fully saturated rings. The van der Waals surface area contributed by atoms with E-state index in [-0.39, 0.29) is 29.5 Å². The molecular formula is C28H40N8O4+2. The summed E-state index contributed by atoms with van der Waals surface area (Å²) >= 11 is 0. The van der Waals surface area contributed by atoms with Gasteiger partial charge in [-0.1, -0.05) is 18.2 Å². The van der Waals surface area contributed by atoms with Crippen LogP contribution in [0.3, 0.4) is 0 Å². The van der Waals surface area contributed by atoms with E-state index in [0.29, 0.717) is 31.9 Å². The zero-order chi connectivity index (χ0) is 28.9. The molecule has 0 saturated heterocycles. The molecule has 2 unspecified atom stereocenters. The Balaban J connectivity index is 1.67. The summed E-state index contributed by atoms with van der Waals surface area (Å²) in [7, 11) is 0. The van der Waals surface area contributed by atoms with Crippen LogP contribution in [0.1, 0.15) is 54.4 Å². The molecule has 0 radical (unpaired) electrons. The van der Waals surface area contributed by atoms with Crippen molar-refractivity contribution in [1.82, 2.24) is 10.6 Å². The molecule has 1 heterocycles. The Morgan fingerprint density at radius 3 is 2.12 bits per heavy atom. The van der Waals surface area contributed by atoms with Gasteiger partial charge in [0.2, 0.25) is 11.8 Å². The highest BCUT2D eigenvalue weighted by atomic mass is 16.5. The first-order chi connectivity index (χ1) is 19.2. The minimum atomic E-state index is -0.610. The smallest absolute Gasteiger partial charge is 0.338 e. The third kappa shape index (κ3) is 9.22. The number of benzene rings is 2. The highest BCUT2D eigenvalue weighted by molar-refractivity contribution is 5.92. The van der Waals surface area contributed by atoms with E-state index < -0.39 is 12.0 Å². The molecule has 0 aromatic heterocycles. The predicted octanol–water partition coefficient (Wildman–Crippen LogP) is -2.88. The maximum absolute atomic E-state index is 13.4. The fraction of sp³-hybridized carbons (Fsp3) is 0.357. The lowest BCUT2D eigenvalue weighted by Gasteiger charge is -2.19. The number of fused-ring (bicyclic) bond motifs is 1. The number of phenols is 1. The van der Waals surface area contributed by atoms with Crippen LogP contribution in [0.25, 0.3) is 6.08 Å². The van der Waals surface area contributed by atoms with Gasteiger partial charge < -0.3 is 20.5 Å². The predicted molar refractivity (Wildman–Crippen MR) is 153 cm³/mol. The van der Waals surface area contributed by atoms with E-state index in [9.17, 15) is 14.7 Å². The van der Waals surface area contributed by atoms with E-state index in [1.807, 2.05) is 12.1 Å². The third-order valence-electron chi connectivity index (χ3n) is 6.32. The minimum Gasteiger partial charge on any atom is -0.508 e. The molecule has 214 valence electrons. The van der Waals surface area contributed by atoms with Crippen LogP contribution in [0.4, 0.5) is 0 Å².